The molecule has 0 amide bonds. The number of furan rings is 1. The molecule has 100 valence electrons. The van der Waals surface area contributed by atoms with Crippen LogP contribution in [0.2, 0.25) is 0 Å². The number of rotatable bonds is 5. The van der Waals surface area contributed by atoms with E-state index >= 15 is 0 Å². The first-order chi connectivity index (χ1) is 9.86. The van der Waals surface area contributed by atoms with Crippen molar-refractivity contribution >= 4 is 6.29 Å². The molecule has 0 aliphatic heterocycles. The molecule has 3 rings (SSSR count). The van der Waals surface area contributed by atoms with Crippen LogP contribution in [0.5, 0.6) is 5.75 Å². The predicted octanol–water partition coefficient (Wildman–Crippen LogP) is 2.72. The van der Waals surface area contributed by atoms with Crippen molar-refractivity contribution in [3.05, 3.63) is 54.0 Å². The van der Waals surface area contributed by atoms with E-state index in [-0.39, 0.29) is 12.5 Å². The molecule has 0 saturated carbocycles. The molecule has 0 N–H and O–H groups in total. The molecule has 3 aromatic rings. The molecule has 0 unspecified atom stereocenters. The summed E-state index contributed by atoms with van der Waals surface area (Å²) in [6, 6.07) is 10.4. The minimum absolute atomic E-state index is 0.106. The SMILES string of the molecule is O=Cc1ccccc1OCc1noc(-c2ccco2)n1. The first-order valence-corrected chi connectivity index (χ1v) is 5.90. The van der Waals surface area contributed by atoms with Crippen molar-refractivity contribution in [2.75, 3.05) is 0 Å². The third-order valence-electron chi connectivity index (χ3n) is 2.60. The highest BCUT2D eigenvalue weighted by Gasteiger charge is 2.12. The molecule has 6 heteroatoms. The van der Waals surface area contributed by atoms with Gasteiger partial charge in [0.05, 0.1) is 11.8 Å². The Morgan fingerprint density at radius 3 is 2.90 bits per heavy atom. The molecule has 0 saturated heterocycles. The van der Waals surface area contributed by atoms with Gasteiger partial charge in [-0.05, 0) is 24.3 Å². The van der Waals surface area contributed by atoms with Gasteiger partial charge in [-0.3, -0.25) is 4.79 Å². The van der Waals surface area contributed by atoms with Crippen molar-refractivity contribution in [2.24, 2.45) is 0 Å². The predicted molar refractivity (Wildman–Crippen MR) is 68.2 cm³/mol. The number of ether oxygens (including phenoxy) is 1. The van der Waals surface area contributed by atoms with Crippen LogP contribution in [-0.4, -0.2) is 16.4 Å². The average molecular weight is 270 g/mol. The summed E-state index contributed by atoms with van der Waals surface area (Å²) in [4.78, 5) is 15.0. The van der Waals surface area contributed by atoms with E-state index in [9.17, 15) is 4.79 Å². The van der Waals surface area contributed by atoms with E-state index in [2.05, 4.69) is 10.1 Å². The summed E-state index contributed by atoms with van der Waals surface area (Å²) in [5.74, 6) is 1.64. The normalized spacial score (nSPS) is 10.4. The van der Waals surface area contributed by atoms with Gasteiger partial charge in [0.2, 0.25) is 5.82 Å². The van der Waals surface area contributed by atoms with Crippen molar-refractivity contribution in [1.82, 2.24) is 10.1 Å². The van der Waals surface area contributed by atoms with Crippen LogP contribution in [0.3, 0.4) is 0 Å². The highest BCUT2D eigenvalue weighted by molar-refractivity contribution is 5.79. The largest absolute Gasteiger partial charge is 0.485 e. The maximum absolute atomic E-state index is 10.9. The number of aldehydes is 1. The number of para-hydroxylation sites is 1. The third kappa shape index (κ3) is 2.44. The first kappa shape index (κ1) is 12.2. The lowest BCUT2D eigenvalue weighted by molar-refractivity contribution is 0.111. The Morgan fingerprint density at radius 2 is 2.10 bits per heavy atom. The minimum atomic E-state index is 0.106. The van der Waals surface area contributed by atoms with Gasteiger partial charge in [-0.2, -0.15) is 4.98 Å². The van der Waals surface area contributed by atoms with Crippen molar-refractivity contribution in [3.8, 4) is 17.4 Å². The zero-order valence-electron chi connectivity index (χ0n) is 10.4. The van der Waals surface area contributed by atoms with Gasteiger partial charge in [-0.1, -0.05) is 17.3 Å². The van der Waals surface area contributed by atoms with Crippen LogP contribution in [0, 0.1) is 0 Å². The fraction of sp³-hybridized carbons (Fsp3) is 0.0714. The third-order valence-corrected chi connectivity index (χ3v) is 2.60. The number of benzene rings is 1. The smallest absolute Gasteiger partial charge is 0.293 e. The van der Waals surface area contributed by atoms with Crippen molar-refractivity contribution in [1.29, 1.82) is 0 Å². The van der Waals surface area contributed by atoms with Crippen molar-refractivity contribution in [3.63, 3.8) is 0 Å². The molecule has 6 nitrogen and oxygen atoms in total. The van der Waals surface area contributed by atoms with E-state index < -0.39 is 0 Å². The monoisotopic (exact) mass is 270 g/mol. The Hall–Kier alpha value is -2.89. The maximum atomic E-state index is 10.9. The summed E-state index contributed by atoms with van der Waals surface area (Å²) >= 11 is 0. The van der Waals surface area contributed by atoms with Crippen molar-refractivity contribution < 1.29 is 18.5 Å². The van der Waals surface area contributed by atoms with E-state index in [0.29, 0.717) is 22.9 Å². The summed E-state index contributed by atoms with van der Waals surface area (Å²) in [5.41, 5.74) is 0.474. The van der Waals surface area contributed by atoms with Gasteiger partial charge < -0.3 is 13.7 Å². The second-order valence-corrected chi connectivity index (χ2v) is 3.94. The number of aromatic nitrogens is 2. The molecule has 2 aromatic heterocycles. The molecule has 0 bridgehead atoms. The van der Waals surface area contributed by atoms with E-state index in [1.54, 1.807) is 36.4 Å². The van der Waals surface area contributed by atoms with Crippen molar-refractivity contribution in [2.45, 2.75) is 6.61 Å². The molecule has 0 aliphatic rings. The Bertz CT molecular complexity index is 704. The molecule has 1 aromatic carbocycles. The van der Waals surface area contributed by atoms with Crippen LogP contribution in [0.15, 0.2) is 51.6 Å². The van der Waals surface area contributed by atoms with Gasteiger partial charge in [0.1, 0.15) is 5.75 Å². The number of carbonyl (C=O) groups excluding carboxylic acids is 1. The molecule has 0 fully saturated rings. The minimum Gasteiger partial charge on any atom is -0.485 e. The zero-order valence-corrected chi connectivity index (χ0v) is 10.4. The van der Waals surface area contributed by atoms with Crippen LogP contribution in [0.1, 0.15) is 16.2 Å². The average Bonchev–Trinajstić information content (AvgIpc) is 3.16. The molecule has 0 spiro atoms. The van der Waals surface area contributed by atoms with Gasteiger partial charge in [-0.15, -0.1) is 0 Å². The second kappa shape index (κ2) is 5.40. The van der Waals surface area contributed by atoms with Gasteiger partial charge in [0.25, 0.3) is 5.89 Å². The number of hydrogen-bond acceptors (Lipinski definition) is 6. The summed E-state index contributed by atoms with van der Waals surface area (Å²) in [5, 5.41) is 3.78. The topological polar surface area (TPSA) is 78.4 Å². The van der Waals surface area contributed by atoms with E-state index in [4.69, 9.17) is 13.7 Å². The summed E-state index contributed by atoms with van der Waals surface area (Å²) in [6.07, 6.45) is 2.26. The molecular weight excluding hydrogens is 260 g/mol. The van der Waals surface area contributed by atoms with Crippen LogP contribution >= 0.6 is 0 Å². The number of carbonyl (C=O) groups is 1. The zero-order chi connectivity index (χ0) is 13.8. The van der Waals surface area contributed by atoms with Gasteiger partial charge >= 0.3 is 0 Å². The maximum Gasteiger partial charge on any atom is 0.293 e. The number of hydrogen-bond donors (Lipinski definition) is 0. The van der Waals surface area contributed by atoms with Gasteiger partial charge in [0, 0.05) is 0 Å². The molecule has 20 heavy (non-hydrogen) atoms. The Balaban J connectivity index is 1.71. The van der Waals surface area contributed by atoms with E-state index in [0.717, 1.165) is 6.29 Å². The van der Waals surface area contributed by atoms with Crippen LogP contribution < -0.4 is 4.74 Å². The molecule has 0 aliphatic carbocycles. The standard InChI is InChI=1S/C14H10N2O4/c17-8-10-4-1-2-5-11(10)19-9-13-15-14(20-16-13)12-6-3-7-18-12/h1-8H,9H2. The van der Waals surface area contributed by atoms with Crippen LogP contribution in [-0.2, 0) is 6.61 Å². The Morgan fingerprint density at radius 1 is 1.20 bits per heavy atom. The lowest BCUT2D eigenvalue weighted by Crippen LogP contribution is -1.99. The molecule has 2 heterocycles. The lowest BCUT2D eigenvalue weighted by atomic mass is 10.2. The van der Waals surface area contributed by atoms with E-state index in [1.165, 1.54) is 6.26 Å². The highest BCUT2D eigenvalue weighted by Crippen LogP contribution is 2.19. The quantitative estimate of drug-likeness (QED) is 0.663. The lowest BCUT2D eigenvalue weighted by Gasteiger charge is -2.04. The van der Waals surface area contributed by atoms with Gasteiger partial charge in [0.15, 0.2) is 18.7 Å². The van der Waals surface area contributed by atoms with Crippen LogP contribution in [0.25, 0.3) is 11.7 Å². The Kier molecular flexibility index (Phi) is 3.28. The molecule has 0 radical (unpaired) electrons. The van der Waals surface area contributed by atoms with E-state index in [1.807, 2.05) is 0 Å². The van der Waals surface area contributed by atoms with Gasteiger partial charge in [-0.25, -0.2) is 0 Å². The summed E-state index contributed by atoms with van der Waals surface area (Å²) in [6.45, 7) is 0.106. The summed E-state index contributed by atoms with van der Waals surface area (Å²) < 4.78 is 15.7. The second-order valence-electron chi connectivity index (χ2n) is 3.94. The molecular formula is C14H10N2O4. The summed E-state index contributed by atoms with van der Waals surface area (Å²) in [7, 11) is 0. The number of nitrogens with zero attached hydrogens (tertiary/aromatic N) is 2. The first-order valence-electron chi connectivity index (χ1n) is 5.90. The highest BCUT2D eigenvalue weighted by atomic mass is 16.5. The fourth-order valence-corrected chi connectivity index (χ4v) is 1.66. The molecule has 0 atom stereocenters. The Labute approximate surface area is 114 Å². The fourth-order valence-electron chi connectivity index (χ4n) is 1.66. The van der Waals surface area contributed by atoms with Crippen LogP contribution in [0.4, 0.5) is 0 Å².